The van der Waals surface area contributed by atoms with E-state index in [-0.39, 0.29) is 18.2 Å². The Hall–Kier alpha value is -2.05. The highest BCUT2D eigenvalue weighted by Gasteiger charge is 2.16. The molecule has 2 aromatic rings. The van der Waals surface area contributed by atoms with Gasteiger partial charge in [0.1, 0.15) is 24.2 Å². The second-order valence-electron chi connectivity index (χ2n) is 7.45. The molecule has 0 saturated carbocycles. The van der Waals surface area contributed by atoms with Gasteiger partial charge < -0.3 is 24.9 Å². The van der Waals surface area contributed by atoms with Crippen LogP contribution in [-0.4, -0.2) is 47.0 Å². The number of esters is 1. The molecule has 0 unspecified atom stereocenters. The molecule has 0 spiro atoms. The van der Waals surface area contributed by atoms with E-state index in [2.05, 4.69) is 10.3 Å². The summed E-state index contributed by atoms with van der Waals surface area (Å²) in [6.07, 6.45) is -0.807. The van der Waals surface area contributed by atoms with Crippen molar-refractivity contribution < 1.29 is 19.4 Å². The van der Waals surface area contributed by atoms with Gasteiger partial charge in [-0.05, 0) is 52.8 Å². The molecule has 0 amide bonds. The normalized spacial score (nSPS) is 13.2. The number of fused-ring (bicyclic) bond motifs is 1. The molecular weight excluding hydrogens is 320 g/mol. The molecule has 3 N–H and O–H groups in total. The minimum absolute atomic E-state index is 0.0622. The Morgan fingerprint density at radius 2 is 2.04 bits per heavy atom. The number of carbonyl (C=O) groups excluding carboxylic acids is 1. The highest BCUT2D eigenvalue weighted by molar-refractivity contribution is 5.97. The molecule has 2 rings (SSSR count). The molecule has 25 heavy (non-hydrogen) atoms. The molecular formula is C19H28N2O4. The smallest absolute Gasteiger partial charge is 0.355 e. The Labute approximate surface area is 148 Å². The number of H-pyrrole nitrogens is 1. The van der Waals surface area contributed by atoms with Gasteiger partial charge in [0.15, 0.2) is 0 Å². The molecule has 6 heteroatoms. The highest BCUT2D eigenvalue weighted by Crippen LogP contribution is 2.27. The predicted molar refractivity (Wildman–Crippen MR) is 98.1 cm³/mol. The first kappa shape index (κ1) is 19.3. The Balaban J connectivity index is 2.06. The van der Waals surface area contributed by atoms with Crippen molar-refractivity contribution in [2.45, 2.75) is 52.4 Å². The predicted octanol–water partition coefficient (Wildman–Crippen LogP) is 2.86. The van der Waals surface area contributed by atoms with Gasteiger partial charge in [0.2, 0.25) is 0 Å². The number of aromatic amines is 1. The maximum absolute atomic E-state index is 12.0. The molecule has 0 saturated heterocycles. The van der Waals surface area contributed by atoms with E-state index in [0.29, 0.717) is 18.0 Å². The van der Waals surface area contributed by atoms with E-state index in [1.807, 2.05) is 52.8 Å². The zero-order chi connectivity index (χ0) is 18.6. The fourth-order valence-corrected chi connectivity index (χ4v) is 2.31. The van der Waals surface area contributed by atoms with Gasteiger partial charge >= 0.3 is 5.97 Å². The van der Waals surface area contributed by atoms with Crippen molar-refractivity contribution >= 4 is 16.9 Å². The summed E-state index contributed by atoms with van der Waals surface area (Å²) >= 11 is 0. The fraction of sp³-hybridized carbons (Fsp3) is 0.526. The largest absolute Gasteiger partial charge is 0.490 e. The molecule has 6 nitrogen and oxygen atoms in total. The van der Waals surface area contributed by atoms with Crippen molar-refractivity contribution in [1.29, 1.82) is 0 Å². The summed E-state index contributed by atoms with van der Waals surface area (Å²) in [6, 6.07) is 7.24. The van der Waals surface area contributed by atoms with E-state index in [1.165, 1.54) is 0 Å². The lowest BCUT2D eigenvalue weighted by Gasteiger charge is -2.23. The maximum Gasteiger partial charge on any atom is 0.355 e. The van der Waals surface area contributed by atoms with Crippen molar-refractivity contribution in [3.8, 4) is 5.75 Å². The van der Waals surface area contributed by atoms with E-state index >= 15 is 0 Å². The fourth-order valence-electron chi connectivity index (χ4n) is 2.31. The first-order valence-electron chi connectivity index (χ1n) is 8.54. The monoisotopic (exact) mass is 348 g/mol. The third-order valence-corrected chi connectivity index (χ3v) is 3.49. The number of aromatic nitrogens is 1. The van der Waals surface area contributed by atoms with Gasteiger partial charge in [0.25, 0.3) is 0 Å². The lowest BCUT2D eigenvalue weighted by atomic mass is 10.1. The van der Waals surface area contributed by atoms with Crippen LogP contribution in [0.3, 0.4) is 0 Å². The van der Waals surface area contributed by atoms with Crippen molar-refractivity contribution in [3.63, 3.8) is 0 Å². The molecule has 0 fully saturated rings. The van der Waals surface area contributed by atoms with Crippen LogP contribution in [-0.2, 0) is 4.74 Å². The van der Waals surface area contributed by atoms with Crippen molar-refractivity contribution in [1.82, 2.24) is 10.3 Å². The number of aliphatic hydroxyl groups is 1. The first-order chi connectivity index (χ1) is 11.7. The number of β-amino-alcohol motifs (C(OH)–C–C–N with tert-alkyl or cyclic N) is 1. The van der Waals surface area contributed by atoms with Gasteiger partial charge in [-0.2, -0.15) is 0 Å². The number of aliphatic hydroxyl groups excluding tert-OH is 1. The second kappa shape index (κ2) is 7.89. The summed E-state index contributed by atoms with van der Waals surface area (Å²) < 4.78 is 11.0. The number of benzene rings is 1. The molecule has 1 heterocycles. The first-order valence-corrected chi connectivity index (χ1v) is 8.54. The van der Waals surface area contributed by atoms with E-state index in [1.54, 1.807) is 6.07 Å². The molecule has 0 bridgehead atoms. The highest BCUT2D eigenvalue weighted by atomic mass is 16.5. The van der Waals surface area contributed by atoms with Crippen LogP contribution in [0, 0.1) is 0 Å². The van der Waals surface area contributed by atoms with Gasteiger partial charge in [-0.25, -0.2) is 4.79 Å². The van der Waals surface area contributed by atoms with Gasteiger partial charge in [0.05, 0.1) is 6.10 Å². The van der Waals surface area contributed by atoms with Crippen molar-refractivity contribution in [2.75, 3.05) is 13.2 Å². The lowest BCUT2D eigenvalue weighted by Crippen LogP contribution is -2.42. The summed E-state index contributed by atoms with van der Waals surface area (Å²) in [5.74, 6) is 0.221. The van der Waals surface area contributed by atoms with E-state index in [4.69, 9.17) is 9.47 Å². The molecule has 138 valence electrons. The van der Waals surface area contributed by atoms with Crippen LogP contribution in [0.25, 0.3) is 10.9 Å². The number of hydrogen-bond acceptors (Lipinski definition) is 5. The Morgan fingerprint density at radius 3 is 2.68 bits per heavy atom. The summed E-state index contributed by atoms with van der Waals surface area (Å²) in [5, 5.41) is 14.1. The average Bonchev–Trinajstić information content (AvgIpc) is 2.94. The van der Waals surface area contributed by atoms with E-state index in [0.717, 1.165) is 10.9 Å². The number of rotatable bonds is 7. The van der Waals surface area contributed by atoms with Gasteiger partial charge in [-0.1, -0.05) is 6.07 Å². The van der Waals surface area contributed by atoms with Crippen LogP contribution in [0.5, 0.6) is 5.75 Å². The molecule has 0 aliphatic heterocycles. The quantitative estimate of drug-likeness (QED) is 0.670. The SMILES string of the molecule is CC(C)OC(=O)c1cc2c(OC[C@H](O)CNC(C)(C)C)cccc2[nH]1. The third-order valence-electron chi connectivity index (χ3n) is 3.49. The summed E-state index contributed by atoms with van der Waals surface area (Å²) in [5.41, 5.74) is 1.11. The summed E-state index contributed by atoms with van der Waals surface area (Å²) in [7, 11) is 0. The molecule has 0 aliphatic rings. The van der Waals surface area contributed by atoms with Gasteiger partial charge in [-0.15, -0.1) is 0 Å². The molecule has 0 aliphatic carbocycles. The van der Waals surface area contributed by atoms with Gasteiger partial charge in [-0.3, -0.25) is 0 Å². The standard InChI is InChI=1S/C19H28N2O4/c1-12(2)25-18(23)16-9-14-15(21-16)7-6-8-17(14)24-11-13(22)10-20-19(3,4)5/h6-9,12-13,20-22H,10-11H2,1-5H3/t13-/m1/s1. The van der Waals surface area contributed by atoms with Crippen LogP contribution in [0.1, 0.15) is 45.1 Å². The van der Waals surface area contributed by atoms with Crippen LogP contribution >= 0.6 is 0 Å². The minimum Gasteiger partial charge on any atom is -0.490 e. The van der Waals surface area contributed by atoms with Crippen molar-refractivity contribution in [2.24, 2.45) is 0 Å². The summed E-state index contributed by atoms with van der Waals surface area (Å²) in [6.45, 7) is 10.3. The number of hydrogen-bond donors (Lipinski definition) is 3. The van der Waals surface area contributed by atoms with Crippen molar-refractivity contribution in [3.05, 3.63) is 30.0 Å². The van der Waals surface area contributed by atoms with Crippen LogP contribution in [0.2, 0.25) is 0 Å². The second-order valence-corrected chi connectivity index (χ2v) is 7.45. The molecule has 1 aromatic heterocycles. The third kappa shape index (κ3) is 5.76. The molecule has 0 radical (unpaired) electrons. The lowest BCUT2D eigenvalue weighted by molar-refractivity contribution is 0.0372. The Kier molecular flexibility index (Phi) is 6.08. The molecule has 1 atom stereocenters. The summed E-state index contributed by atoms with van der Waals surface area (Å²) in [4.78, 5) is 15.1. The zero-order valence-corrected chi connectivity index (χ0v) is 15.6. The topological polar surface area (TPSA) is 83.6 Å². The van der Waals surface area contributed by atoms with Crippen LogP contribution in [0.15, 0.2) is 24.3 Å². The minimum atomic E-state index is -0.626. The number of nitrogens with one attached hydrogen (secondary N) is 2. The van der Waals surface area contributed by atoms with Gasteiger partial charge in [0, 0.05) is 23.0 Å². The Bertz CT molecular complexity index is 716. The number of ether oxygens (including phenoxy) is 2. The van der Waals surface area contributed by atoms with E-state index < -0.39 is 12.1 Å². The van der Waals surface area contributed by atoms with Crippen LogP contribution < -0.4 is 10.1 Å². The average molecular weight is 348 g/mol. The molecule has 1 aromatic carbocycles. The zero-order valence-electron chi connectivity index (χ0n) is 15.6. The van der Waals surface area contributed by atoms with Crippen LogP contribution in [0.4, 0.5) is 0 Å². The Morgan fingerprint density at radius 1 is 1.32 bits per heavy atom. The van der Waals surface area contributed by atoms with E-state index in [9.17, 15) is 9.90 Å². The number of carbonyl (C=O) groups is 1. The maximum atomic E-state index is 12.0.